The van der Waals surface area contributed by atoms with E-state index in [0.717, 1.165) is 18.4 Å². The molecule has 36 heavy (non-hydrogen) atoms. The Hall–Kier alpha value is -3.67. The molecule has 0 aromatic heterocycles. The molecule has 1 aliphatic heterocycles. The summed E-state index contributed by atoms with van der Waals surface area (Å²) in [5.74, 6) is -3.22. The molecule has 1 saturated heterocycles. The van der Waals surface area contributed by atoms with Crippen molar-refractivity contribution in [1.29, 1.82) is 0 Å². The van der Waals surface area contributed by atoms with Gasteiger partial charge in [-0.25, -0.2) is 4.79 Å². The van der Waals surface area contributed by atoms with Gasteiger partial charge in [-0.3, -0.25) is 24.5 Å². The quantitative estimate of drug-likeness (QED) is 0.195. The number of rotatable bonds is 13. The number of carboxylic acids is 1. The molecular formula is C24H33N3O9. The highest BCUT2D eigenvalue weighted by atomic mass is 16.5. The number of benzene rings is 1. The van der Waals surface area contributed by atoms with Crippen LogP contribution in [0.2, 0.25) is 0 Å². The van der Waals surface area contributed by atoms with E-state index in [0.29, 0.717) is 17.7 Å². The van der Waals surface area contributed by atoms with Crippen LogP contribution in [-0.4, -0.2) is 91.8 Å². The molecule has 1 aromatic rings. The number of piperazine rings is 1. The molecule has 2 amide bonds. The summed E-state index contributed by atoms with van der Waals surface area (Å²) in [6.07, 6.45) is -0.136. The number of hydrogen-bond acceptors (Lipinski definition) is 9. The third-order valence-electron chi connectivity index (χ3n) is 5.78. The van der Waals surface area contributed by atoms with Crippen LogP contribution in [0.4, 0.5) is 4.79 Å². The van der Waals surface area contributed by atoms with E-state index in [-0.39, 0.29) is 26.1 Å². The third kappa shape index (κ3) is 7.41. The first-order chi connectivity index (χ1) is 17.2. The summed E-state index contributed by atoms with van der Waals surface area (Å²) in [5, 5.41) is 14.5. The van der Waals surface area contributed by atoms with Gasteiger partial charge in [0, 0.05) is 13.1 Å². The van der Waals surface area contributed by atoms with E-state index in [1.54, 1.807) is 24.3 Å². The number of methoxy groups -OCH3 is 2. The summed E-state index contributed by atoms with van der Waals surface area (Å²) in [6, 6.07) is 5.48. The lowest BCUT2D eigenvalue weighted by molar-refractivity contribution is -0.159. The van der Waals surface area contributed by atoms with Crippen LogP contribution in [0.1, 0.15) is 31.7 Å². The van der Waals surface area contributed by atoms with Crippen molar-refractivity contribution in [2.45, 2.75) is 44.2 Å². The maximum atomic E-state index is 13.9. The molecule has 2 atom stereocenters. The number of amides is 2. The average molecular weight is 508 g/mol. The summed E-state index contributed by atoms with van der Waals surface area (Å²) in [6.45, 7) is 1.50. The van der Waals surface area contributed by atoms with Crippen molar-refractivity contribution in [3.63, 3.8) is 0 Å². The lowest BCUT2D eigenvalue weighted by Gasteiger charge is -2.41. The van der Waals surface area contributed by atoms with E-state index >= 15 is 0 Å². The van der Waals surface area contributed by atoms with Crippen LogP contribution in [-0.2, 0) is 35.1 Å². The SMILES string of the molecule is CCCCOC(=O)N[C@@H](Cc1ccc(OC)cc1)C(=O)C1(CC(=O)OC)NCCN(CC(=O)O)C1=O. The third-order valence-corrected chi connectivity index (χ3v) is 5.78. The van der Waals surface area contributed by atoms with Crippen molar-refractivity contribution in [1.82, 2.24) is 15.5 Å². The highest BCUT2D eigenvalue weighted by molar-refractivity contribution is 6.16. The lowest BCUT2D eigenvalue weighted by atomic mass is 9.81. The predicted octanol–water partition coefficient (Wildman–Crippen LogP) is 0.520. The van der Waals surface area contributed by atoms with Gasteiger partial charge in [0.25, 0.3) is 5.91 Å². The van der Waals surface area contributed by atoms with Crippen molar-refractivity contribution in [2.24, 2.45) is 0 Å². The van der Waals surface area contributed by atoms with Crippen molar-refractivity contribution in [3.8, 4) is 5.75 Å². The molecule has 198 valence electrons. The summed E-state index contributed by atoms with van der Waals surface area (Å²) >= 11 is 0. The van der Waals surface area contributed by atoms with Gasteiger partial charge in [0.15, 0.2) is 11.3 Å². The van der Waals surface area contributed by atoms with Gasteiger partial charge in [-0.05, 0) is 30.5 Å². The van der Waals surface area contributed by atoms with Crippen LogP contribution in [0, 0.1) is 0 Å². The molecule has 2 rings (SSSR count). The molecule has 3 N–H and O–H groups in total. The number of aliphatic carboxylic acids is 1. The standard InChI is InChI=1S/C24H33N3O9/c1-4-5-12-36-23(33)26-18(13-16-6-8-17(34-2)9-7-16)21(31)24(14-20(30)35-3)22(32)27(11-10-25-24)15-19(28)29/h6-9,18,25H,4-5,10-15H2,1-3H3,(H,26,33)(H,28,29)/t18-,24?/m0/s1. The summed E-state index contributed by atoms with van der Waals surface area (Å²) in [7, 11) is 2.62. The van der Waals surface area contributed by atoms with Crippen molar-refractivity contribution >= 4 is 29.7 Å². The van der Waals surface area contributed by atoms with Gasteiger partial charge in [0.05, 0.1) is 33.3 Å². The van der Waals surface area contributed by atoms with Gasteiger partial charge in [-0.15, -0.1) is 0 Å². The minimum atomic E-state index is -2.13. The molecule has 12 nitrogen and oxygen atoms in total. The minimum absolute atomic E-state index is 0.0248. The Balaban J connectivity index is 2.43. The van der Waals surface area contributed by atoms with Crippen LogP contribution in [0.25, 0.3) is 0 Å². The zero-order valence-electron chi connectivity index (χ0n) is 20.7. The molecule has 1 aromatic carbocycles. The topological polar surface area (TPSA) is 161 Å². The Morgan fingerprint density at radius 2 is 1.89 bits per heavy atom. The Labute approximate surface area is 209 Å². The van der Waals surface area contributed by atoms with Crippen molar-refractivity contribution < 1.29 is 43.3 Å². The number of carbonyl (C=O) groups is 5. The summed E-state index contributed by atoms with van der Waals surface area (Å²) < 4.78 is 15.0. The van der Waals surface area contributed by atoms with Crippen molar-refractivity contribution in [3.05, 3.63) is 29.8 Å². The van der Waals surface area contributed by atoms with E-state index in [2.05, 4.69) is 10.6 Å². The normalized spacial score (nSPS) is 18.2. The second-order valence-corrected chi connectivity index (χ2v) is 8.31. The number of hydrogen-bond donors (Lipinski definition) is 3. The molecule has 0 aliphatic carbocycles. The first-order valence-corrected chi connectivity index (χ1v) is 11.6. The number of esters is 1. The minimum Gasteiger partial charge on any atom is -0.497 e. The number of carbonyl (C=O) groups excluding carboxylic acids is 4. The largest absolute Gasteiger partial charge is 0.497 e. The Kier molecular flexibility index (Phi) is 10.7. The fraction of sp³-hybridized carbons (Fsp3) is 0.542. The highest BCUT2D eigenvalue weighted by Crippen LogP contribution is 2.24. The molecule has 1 unspecified atom stereocenters. The lowest BCUT2D eigenvalue weighted by Crippen LogP contribution is -2.72. The molecule has 1 heterocycles. The monoisotopic (exact) mass is 507 g/mol. The summed E-state index contributed by atoms with van der Waals surface area (Å²) in [4.78, 5) is 64.4. The maximum absolute atomic E-state index is 13.9. The van der Waals surface area contributed by atoms with Gasteiger partial charge < -0.3 is 29.5 Å². The fourth-order valence-corrected chi connectivity index (χ4v) is 3.87. The van der Waals surface area contributed by atoms with E-state index in [4.69, 9.17) is 14.2 Å². The Morgan fingerprint density at radius 3 is 2.47 bits per heavy atom. The molecule has 12 heteroatoms. The molecule has 1 fully saturated rings. The number of Topliss-reactive ketones (excluding diaryl/α,β-unsaturated/α-hetero) is 1. The first-order valence-electron chi connectivity index (χ1n) is 11.6. The van der Waals surface area contributed by atoms with Crippen LogP contribution in [0.3, 0.4) is 0 Å². The van der Waals surface area contributed by atoms with E-state index in [1.165, 1.54) is 7.11 Å². The number of nitrogens with zero attached hydrogens (tertiary/aromatic N) is 1. The molecule has 1 aliphatic rings. The number of nitrogens with one attached hydrogen (secondary N) is 2. The number of alkyl carbamates (subject to hydrolysis) is 1. The fourth-order valence-electron chi connectivity index (χ4n) is 3.87. The Bertz CT molecular complexity index is 951. The number of ketones is 1. The zero-order chi connectivity index (χ0) is 26.7. The molecule has 0 spiro atoms. The number of ether oxygens (including phenoxy) is 3. The van der Waals surface area contributed by atoms with Crippen molar-refractivity contribution in [2.75, 3.05) is 40.5 Å². The second-order valence-electron chi connectivity index (χ2n) is 8.31. The van der Waals surface area contributed by atoms with E-state index in [1.807, 2.05) is 6.92 Å². The smallest absolute Gasteiger partial charge is 0.407 e. The Morgan fingerprint density at radius 1 is 1.19 bits per heavy atom. The highest BCUT2D eigenvalue weighted by Gasteiger charge is 2.54. The first kappa shape index (κ1) is 28.6. The van der Waals surface area contributed by atoms with Crippen LogP contribution in [0.5, 0.6) is 5.75 Å². The van der Waals surface area contributed by atoms with Crippen LogP contribution < -0.4 is 15.4 Å². The number of carboxylic acid groups (broad SMARTS) is 1. The molecular weight excluding hydrogens is 474 g/mol. The second kappa shape index (κ2) is 13.4. The maximum Gasteiger partial charge on any atom is 0.407 e. The van der Waals surface area contributed by atoms with Gasteiger partial charge in [-0.1, -0.05) is 25.5 Å². The summed E-state index contributed by atoms with van der Waals surface area (Å²) in [5.41, 5.74) is -1.49. The van der Waals surface area contributed by atoms with Crippen LogP contribution in [0.15, 0.2) is 24.3 Å². The molecule has 0 bridgehead atoms. The molecule has 0 radical (unpaired) electrons. The van der Waals surface area contributed by atoms with Gasteiger partial charge in [-0.2, -0.15) is 0 Å². The van der Waals surface area contributed by atoms with Gasteiger partial charge >= 0.3 is 18.0 Å². The average Bonchev–Trinajstić information content (AvgIpc) is 2.86. The number of unbranched alkanes of at least 4 members (excludes halogenated alkanes) is 1. The van der Waals surface area contributed by atoms with Gasteiger partial charge in [0.2, 0.25) is 0 Å². The molecule has 0 saturated carbocycles. The van der Waals surface area contributed by atoms with Gasteiger partial charge in [0.1, 0.15) is 12.3 Å². The van der Waals surface area contributed by atoms with E-state index < -0.39 is 54.3 Å². The zero-order valence-corrected chi connectivity index (χ0v) is 20.7. The predicted molar refractivity (Wildman–Crippen MR) is 126 cm³/mol. The van der Waals surface area contributed by atoms with E-state index in [9.17, 15) is 29.1 Å². The van der Waals surface area contributed by atoms with Crippen LogP contribution >= 0.6 is 0 Å².